The standard InChI is InChI=1S/C26H28FN3O5S/c1-6-35-25-24(34-4)12-10-20(28-25)23(15-36(5,32)33)30-21-11-8-17(13-22(21)29(3)26(30)31)19-14-18(27)9-7-16(19)2/h7-14,23H,6,15H2,1-5H3. The van der Waals surface area contributed by atoms with Crippen molar-refractivity contribution in [1.82, 2.24) is 14.1 Å². The van der Waals surface area contributed by atoms with Crippen molar-refractivity contribution in [3.8, 4) is 22.8 Å². The van der Waals surface area contributed by atoms with Crippen LogP contribution in [-0.4, -0.2) is 48.3 Å². The number of pyridine rings is 1. The van der Waals surface area contributed by atoms with Crippen LogP contribution in [0.2, 0.25) is 0 Å². The van der Waals surface area contributed by atoms with E-state index in [1.165, 1.54) is 28.4 Å². The van der Waals surface area contributed by atoms with Crippen molar-refractivity contribution in [1.29, 1.82) is 0 Å². The van der Waals surface area contributed by atoms with Gasteiger partial charge in [0.1, 0.15) is 15.7 Å². The maximum atomic E-state index is 13.9. The molecule has 0 amide bonds. The Kier molecular flexibility index (Phi) is 6.90. The first kappa shape index (κ1) is 25.4. The highest BCUT2D eigenvalue weighted by atomic mass is 32.2. The second kappa shape index (κ2) is 9.77. The minimum Gasteiger partial charge on any atom is -0.491 e. The van der Waals surface area contributed by atoms with Crippen molar-refractivity contribution in [2.24, 2.45) is 7.05 Å². The monoisotopic (exact) mass is 513 g/mol. The second-order valence-corrected chi connectivity index (χ2v) is 10.8. The third-order valence-electron chi connectivity index (χ3n) is 6.06. The minimum atomic E-state index is -3.52. The summed E-state index contributed by atoms with van der Waals surface area (Å²) >= 11 is 0. The van der Waals surface area contributed by atoms with Gasteiger partial charge in [-0.25, -0.2) is 22.6 Å². The number of methoxy groups -OCH3 is 1. The number of nitrogens with zero attached hydrogens (tertiary/aromatic N) is 3. The molecule has 2 aromatic carbocycles. The smallest absolute Gasteiger partial charge is 0.329 e. The molecule has 0 bridgehead atoms. The molecule has 0 N–H and O–H groups in total. The topological polar surface area (TPSA) is 92.4 Å². The van der Waals surface area contributed by atoms with Gasteiger partial charge in [-0.3, -0.25) is 9.13 Å². The number of rotatable bonds is 8. The van der Waals surface area contributed by atoms with Crippen LogP contribution in [-0.2, 0) is 16.9 Å². The number of halogens is 1. The summed E-state index contributed by atoms with van der Waals surface area (Å²) in [4.78, 5) is 18.0. The molecule has 36 heavy (non-hydrogen) atoms. The highest BCUT2D eigenvalue weighted by molar-refractivity contribution is 7.90. The van der Waals surface area contributed by atoms with Gasteiger partial charge < -0.3 is 9.47 Å². The number of imidazole rings is 1. The number of benzene rings is 2. The molecule has 0 aliphatic heterocycles. The molecule has 0 saturated carbocycles. The average molecular weight is 514 g/mol. The Morgan fingerprint density at radius 3 is 2.50 bits per heavy atom. The third kappa shape index (κ3) is 4.86. The van der Waals surface area contributed by atoms with Gasteiger partial charge in [-0.15, -0.1) is 0 Å². The van der Waals surface area contributed by atoms with Crippen LogP contribution in [0.1, 0.15) is 24.2 Å². The lowest BCUT2D eigenvalue weighted by Gasteiger charge is -2.19. The first-order valence-electron chi connectivity index (χ1n) is 11.4. The number of sulfone groups is 1. The van der Waals surface area contributed by atoms with Gasteiger partial charge in [0.25, 0.3) is 5.88 Å². The summed E-state index contributed by atoms with van der Waals surface area (Å²) in [5.74, 6) is -0.0833. The van der Waals surface area contributed by atoms with Gasteiger partial charge in [-0.05, 0) is 66.9 Å². The van der Waals surface area contributed by atoms with E-state index in [0.717, 1.165) is 17.4 Å². The molecule has 4 aromatic rings. The molecule has 2 aromatic heterocycles. The highest BCUT2D eigenvalue weighted by Crippen LogP contribution is 2.32. The minimum absolute atomic E-state index is 0.216. The highest BCUT2D eigenvalue weighted by Gasteiger charge is 2.27. The van der Waals surface area contributed by atoms with Crippen LogP contribution in [0.5, 0.6) is 11.6 Å². The zero-order valence-electron chi connectivity index (χ0n) is 20.8. The van der Waals surface area contributed by atoms with Crippen LogP contribution < -0.4 is 15.2 Å². The van der Waals surface area contributed by atoms with E-state index in [9.17, 15) is 17.6 Å². The summed E-state index contributed by atoms with van der Waals surface area (Å²) in [6.07, 6.45) is 1.12. The van der Waals surface area contributed by atoms with Crippen molar-refractivity contribution < 1.29 is 22.3 Å². The number of fused-ring (bicyclic) bond motifs is 1. The van der Waals surface area contributed by atoms with Gasteiger partial charge in [0.2, 0.25) is 0 Å². The Balaban J connectivity index is 1.94. The number of hydrogen-bond acceptors (Lipinski definition) is 6. The second-order valence-electron chi connectivity index (χ2n) is 8.66. The van der Waals surface area contributed by atoms with E-state index >= 15 is 0 Å². The van der Waals surface area contributed by atoms with E-state index in [-0.39, 0.29) is 17.5 Å². The fourth-order valence-corrected chi connectivity index (χ4v) is 5.23. The maximum absolute atomic E-state index is 13.9. The number of hydrogen-bond donors (Lipinski definition) is 0. The predicted octanol–water partition coefficient (Wildman–Crippen LogP) is 3.89. The Morgan fingerprint density at radius 1 is 1.08 bits per heavy atom. The SMILES string of the molecule is CCOc1nc(C(CS(C)(=O)=O)n2c(=O)n(C)c3cc(-c4cc(F)ccc4C)ccc32)ccc1OC. The van der Waals surface area contributed by atoms with E-state index in [0.29, 0.717) is 34.6 Å². The van der Waals surface area contributed by atoms with Crippen LogP contribution in [0.25, 0.3) is 22.2 Å². The van der Waals surface area contributed by atoms with Crippen LogP contribution >= 0.6 is 0 Å². The van der Waals surface area contributed by atoms with Gasteiger partial charge in [0.15, 0.2) is 5.75 Å². The molecule has 0 saturated heterocycles. The van der Waals surface area contributed by atoms with E-state index in [1.54, 1.807) is 50.4 Å². The normalized spacial score (nSPS) is 12.6. The molecule has 0 aliphatic rings. The molecule has 2 heterocycles. The fraction of sp³-hybridized carbons (Fsp3) is 0.308. The molecule has 1 atom stereocenters. The molecule has 0 spiro atoms. The van der Waals surface area contributed by atoms with Crippen molar-refractivity contribution >= 4 is 20.9 Å². The number of aryl methyl sites for hydroxylation is 2. The van der Waals surface area contributed by atoms with Crippen molar-refractivity contribution in [2.75, 3.05) is 25.7 Å². The molecular weight excluding hydrogens is 485 g/mol. The van der Waals surface area contributed by atoms with Gasteiger partial charge in [-0.2, -0.15) is 0 Å². The summed E-state index contributed by atoms with van der Waals surface area (Å²) in [5, 5.41) is 0. The Hall–Kier alpha value is -3.66. The molecule has 190 valence electrons. The Labute approximate surface area is 208 Å². The summed E-state index contributed by atoms with van der Waals surface area (Å²) in [6.45, 7) is 4.02. The Morgan fingerprint density at radius 2 is 1.83 bits per heavy atom. The lowest BCUT2D eigenvalue weighted by atomic mass is 10.00. The molecular formula is C26H28FN3O5S. The first-order valence-corrected chi connectivity index (χ1v) is 13.4. The largest absolute Gasteiger partial charge is 0.491 e. The average Bonchev–Trinajstić information content (AvgIpc) is 3.08. The zero-order chi connectivity index (χ0) is 26.2. The first-order chi connectivity index (χ1) is 17.0. The van der Waals surface area contributed by atoms with Crippen LogP contribution in [0.15, 0.2) is 53.3 Å². The van der Waals surface area contributed by atoms with Gasteiger partial charge in [-0.1, -0.05) is 12.1 Å². The van der Waals surface area contributed by atoms with Gasteiger partial charge in [0, 0.05) is 13.3 Å². The van der Waals surface area contributed by atoms with E-state index < -0.39 is 21.6 Å². The quantitative estimate of drug-likeness (QED) is 0.355. The van der Waals surface area contributed by atoms with E-state index in [2.05, 4.69) is 4.98 Å². The maximum Gasteiger partial charge on any atom is 0.329 e. The third-order valence-corrected chi connectivity index (χ3v) is 6.98. The van der Waals surface area contributed by atoms with Gasteiger partial charge >= 0.3 is 5.69 Å². The van der Waals surface area contributed by atoms with E-state index in [4.69, 9.17) is 9.47 Å². The molecule has 1 unspecified atom stereocenters. The van der Waals surface area contributed by atoms with Crippen molar-refractivity contribution in [3.63, 3.8) is 0 Å². The summed E-state index contributed by atoms with van der Waals surface area (Å²) in [7, 11) is -0.415. The van der Waals surface area contributed by atoms with Crippen LogP contribution in [0.4, 0.5) is 4.39 Å². The predicted molar refractivity (Wildman–Crippen MR) is 137 cm³/mol. The lowest BCUT2D eigenvalue weighted by Crippen LogP contribution is -2.31. The summed E-state index contributed by atoms with van der Waals surface area (Å²) in [6, 6.07) is 12.3. The number of aromatic nitrogens is 3. The molecule has 0 aliphatic carbocycles. The molecule has 4 rings (SSSR count). The molecule has 0 radical (unpaired) electrons. The van der Waals surface area contributed by atoms with Crippen LogP contribution in [0.3, 0.4) is 0 Å². The summed E-state index contributed by atoms with van der Waals surface area (Å²) in [5.41, 5.74) is 3.41. The molecule has 8 nitrogen and oxygen atoms in total. The zero-order valence-corrected chi connectivity index (χ0v) is 21.6. The fourth-order valence-electron chi connectivity index (χ4n) is 4.34. The van der Waals surface area contributed by atoms with Gasteiger partial charge in [0.05, 0.1) is 42.2 Å². The number of ether oxygens (including phenoxy) is 2. The molecule has 10 heteroatoms. The van der Waals surface area contributed by atoms with Crippen molar-refractivity contribution in [2.45, 2.75) is 19.9 Å². The lowest BCUT2D eigenvalue weighted by molar-refractivity contribution is 0.296. The van der Waals surface area contributed by atoms with Crippen LogP contribution in [0, 0.1) is 12.7 Å². The van der Waals surface area contributed by atoms with E-state index in [1.807, 2.05) is 6.92 Å². The Bertz CT molecular complexity index is 1610. The van der Waals surface area contributed by atoms with Crippen molar-refractivity contribution in [3.05, 3.63) is 76.1 Å². The summed E-state index contributed by atoms with van der Waals surface area (Å²) < 4.78 is 52.6. The molecule has 0 fully saturated rings.